The molecule has 0 aliphatic rings. The van der Waals surface area contributed by atoms with Crippen molar-refractivity contribution in [2.75, 3.05) is 0 Å². The SMILES string of the molecule is Cc1ccc(-c2nc(C(=O)OCc3coc(-c4ccc(F)cc4)n3)cs2)cc1. The molecule has 4 aromatic rings. The summed E-state index contributed by atoms with van der Waals surface area (Å²) >= 11 is 1.38. The average Bonchev–Trinajstić information content (AvgIpc) is 3.37. The second-order valence-corrected chi connectivity index (χ2v) is 6.99. The molecule has 4 rings (SSSR count). The summed E-state index contributed by atoms with van der Waals surface area (Å²) in [5.41, 5.74) is 3.47. The van der Waals surface area contributed by atoms with Crippen molar-refractivity contribution in [3.8, 4) is 22.0 Å². The third-order valence-corrected chi connectivity index (χ3v) is 4.90. The number of ether oxygens (including phenoxy) is 1. The van der Waals surface area contributed by atoms with Crippen LogP contribution in [0.5, 0.6) is 0 Å². The second-order valence-electron chi connectivity index (χ2n) is 6.13. The summed E-state index contributed by atoms with van der Waals surface area (Å²) in [6.07, 6.45) is 1.41. The van der Waals surface area contributed by atoms with Crippen molar-refractivity contribution in [1.82, 2.24) is 9.97 Å². The maximum Gasteiger partial charge on any atom is 0.358 e. The first kappa shape index (κ1) is 18.1. The first-order valence-corrected chi connectivity index (χ1v) is 9.36. The van der Waals surface area contributed by atoms with Crippen LogP contribution in [0.25, 0.3) is 22.0 Å². The van der Waals surface area contributed by atoms with E-state index in [4.69, 9.17) is 9.15 Å². The summed E-state index contributed by atoms with van der Waals surface area (Å²) in [6.45, 7) is 1.97. The van der Waals surface area contributed by atoms with Crippen LogP contribution >= 0.6 is 11.3 Å². The quantitative estimate of drug-likeness (QED) is 0.432. The summed E-state index contributed by atoms with van der Waals surface area (Å²) in [5.74, 6) is -0.528. The topological polar surface area (TPSA) is 65.2 Å². The number of carbonyl (C=O) groups is 1. The molecule has 0 N–H and O–H groups in total. The van der Waals surface area contributed by atoms with Crippen LogP contribution < -0.4 is 0 Å². The lowest BCUT2D eigenvalue weighted by molar-refractivity contribution is 0.0462. The predicted octanol–water partition coefficient (Wildman–Crippen LogP) is 5.27. The van der Waals surface area contributed by atoms with E-state index in [1.54, 1.807) is 17.5 Å². The lowest BCUT2D eigenvalue weighted by Gasteiger charge is -1.99. The predicted molar refractivity (Wildman–Crippen MR) is 103 cm³/mol. The maximum atomic E-state index is 13.0. The molecule has 0 bridgehead atoms. The molecule has 28 heavy (non-hydrogen) atoms. The molecule has 140 valence electrons. The minimum Gasteiger partial charge on any atom is -0.454 e. The van der Waals surface area contributed by atoms with Crippen LogP contribution in [0.2, 0.25) is 0 Å². The molecule has 2 heterocycles. The first-order chi connectivity index (χ1) is 13.6. The van der Waals surface area contributed by atoms with E-state index < -0.39 is 5.97 Å². The van der Waals surface area contributed by atoms with E-state index in [0.717, 1.165) is 16.1 Å². The normalized spacial score (nSPS) is 10.8. The molecule has 0 unspecified atom stereocenters. The van der Waals surface area contributed by atoms with Gasteiger partial charge in [0.05, 0.1) is 0 Å². The number of hydrogen-bond acceptors (Lipinski definition) is 6. The molecule has 7 heteroatoms. The summed E-state index contributed by atoms with van der Waals surface area (Å²) in [5, 5.41) is 2.43. The highest BCUT2D eigenvalue weighted by Crippen LogP contribution is 2.24. The monoisotopic (exact) mass is 394 g/mol. The van der Waals surface area contributed by atoms with Crippen molar-refractivity contribution in [2.45, 2.75) is 13.5 Å². The van der Waals surface area contributed by atoms with E-state index in [9.17, 15) is 9.18 Å². The van der Waals surface area contributed by atoms with Gasteiger partial charge < -0.3 is 9.15 Å². The molecule has 2 aromatic heterocycles. The van der Waals surface area contributed by atoms with Gasteiger partial charge in [0.2, 0.25) is 5.89 Å². The van der Waals surface area contributed by atoms with Gasteiger partial charge in [0.15, 0.2) is 5.69 Å². The van der Waals surface area contributed by atoms with Crippen molar-refractivity contribution in [1.29, 1.82) is 0 Å². The van der Waals surface area contributed by atoms with Gasteiger partial charge in [-0.05, 0) is 31.2 Å². The maximum absolute atomic E-state index is 13.0. The van der Waals surface area contributed by atoms with Gasteiger partial charge in [-0.2, -0.15) is 0 Å². The molecule has 0 saturated heterocycles. The number of carbonyl (C=O) groups excluding carboxylic acids is 1. The molecule has 0 spiro atoms. The zero-order chi connectivity index (χ0) is 19.5. The van der Waals surface area contributed by atoms with Crippen LogP contribution in [-0.2, 0) is 11.3 Å². The van der Waals surface area contributed by atoms with Gasteiger partial charge in [0.25, 0.3) is 0 Å². The van der Waals surface area contributed by atoms with Crippen LogP contribution in [-0.4, -0.2) is 15.9 Å². The summed E-state index contributed by atoms with van der Waals surface area (Å²) in [6, 6.07) is 13.7. The molecule has 2 aromatic carbocycles. The molecular weight excluding hydrogens is 379 g/mol. The first-order valence-electron chi connectivity index (χ1n) is 8.48. The van der Waals surface area contributed by atoms with Crippen molar-refractivity contribution in [2.24, 2.45) is 0 Å². The van der Waals surface area contributed by atoms with E-state index in [0.29, 0.717) is 17.1 Å². The zero-order valence-corrected chi connectivity index (χ0v) is 15.7. The van der Waals surface area contributed by atoms with Crippen LogP contribution in [0, 0.1) is 12.7 Å². The number of benzene rings is 2. The number of esters is 1. The van der Waals surface area contributed by atoms with E-state index >= 15 is 0 Å². The van der Waals surface area contributed by atoms with Crippen molar-refractivity contribution in [3.05, 3.63) is 82.9 Å². The van der Waals surface area contributed by atoms with E-state index in [2.05, 4.69) is 9.97 Å². The van der Waals surface area contributed by atoms with Gasteiger partial charge in [-0.25, -0.2) is 19.2 Å². The fourth-order valence-corrected chi connectivity index (χ4v) is 3.30. The third-order valence-electron chi connectivity index (χ3n) is 4.01. The van der Waals surface area contributed by atoms with Gasteiger partial charge in [-0.3, -0.25) is 0 Å². The van der Waals surface area contributed by atoms with Gasteiger partial charge >= 0.3 is 5.97 Å². The van der Waals surface area contributed by atoms with Gasteiger partial charge in [-0.15, -0.1) is 11.3 Å². The molecule has 0 aliphatic heterocycles. The Bertz CT molecular complexity index is 1100. The molecule has 0 saturated carbocycles. The molecular formula is C21H15FN2O3S. The molecule has 0 aliphatic carbocycles. The van der Waals surface area contributed by atoms with E-state index in [1.807, 2.05) is 31.2 Å². The lowest BCUT2D eigenvalue weighted by Crippen LogP contribution is -2.05. The largest absolute Gasteiger partial charge is 0.454 e. The Kier molecular flexibility index (Phi) is 4.99. The summed E-state index contributed by atoms with van der Waals surface area (Å²) in [4.78, 5) is 20.9. The van der Waals surface area contributed by atoms with Crippen LogP contribution in [0.1, 0.15) is 21.7 Å². The molecule has 0 atom stereocenters. The number of rotatable bonds is 5. The molecule has 0 radical (unpaired) electrons. The number of aromatic nitrogens is 2. The second kappa shape index (κ2) is 7.74. The molecule has 0 amide bonds. The summed E-state index contributed by atoms with van der Waals surface area (Å²) in [7, 11) is 0. The Labute approximate surface area is 164 Å². The Morgan fingerprint density at radius 1 is 1.07 bits per heavy atom. The highest BCUT2D eigenvalue weighted by molar-refractivity contribution is 7.13. The van der Waals surface area contributed by atoms with Gasteiger partial charge in [-0.1, -0.05) is 29.8 Å². The molecule has 0 fully saturated rings. The summed E-state index contributed by atoms with van der Waals surface area (Å²) < 4.78 is 23.6. The van der Waals surface area contributed by atoms with Crippen molar-refractivity contribution >= 4 is 17.3 Å². The standard InChI is InChI=1S/C21H15FN2O3S/c1-13-2-4-15(5-3-13)20-24-18(12-28-20)21(25)27-11-17-10-26-19(23-17)14-6-8-16(22)9-7-14/h2-10,12H,11H2,1H3. The Hall–Kier alpha value is -3.32. The molecule has 5 nitrogen and oxygen atoms in total. The lowest BCUT2D eigenvalue weighted by atomic mass is 10.2. The minimum absolute atomic E-state index is 0.0408. The zero-order valence-electron chi connectivity index (χ0n) is 14.9. The van der Waals surface area contributed by atoms with Crippen LogP contribution in [0.3, 0.4) is 0 Å². The number of halogens is 1. The highest BCUT2D eigenvalue weighted by atomic mass is 32.1. The minimum atomic E-state index is -0.527. The Morgan fingerprint density at radius 2 is 1.79 bits per heavy atom. The van der Waals surface area contributed by atoms with Crippen LogP contribution in [0.15, 0.2) is 64.6 Å². The number of oxazole rings is 1. The average molecular weight is 394 g/mol. The fraction of sp³-hybridized carbons (Fsp3) is 0.0952. The number of thiazole rings is 1. The van der Waals surface area contributed by atoms with Crippen molar-refractivity contribution < 1.29 is 18.3 Å². The van der Waals surface area contributed by atoms with Crippen LogP contribution in [0.4, 0.5) is 4.39 Å². The smallest absolute Gasteiger partial charge is 0.358 e. The van der Waals surface area contributed by atoms with Crippen molar-refractivity contribution in [3.63, 3.8) is 0 Å². The fourth-order valence-electron chi connectivity index (χ4n) is 2.51. The van der Waals surface area contributed by atoms with E-state index in [1.165, 1.54) is 29.7 Å². The number of hydrogen-bond donors (Lipinski definition) is 0. The number of nitrogens with zero attached hydrogens (tertiary/aromatic N) is 2. The third kappa shape index (κ3) is 3.99. The Morgan fingerprint density at radius 3 is 2.54 bits per heavy atom. The number of aryl methyl sites for hydroxylation is 1. The van der Waals surface area contributed by atoms with Gasteiger partial charge in [0.1, 0.15) is 29.4 Å². The Balaban J connectivity index is 1.40. The highest BCUT2D eigenvalue weighted by Gasteiger charge is 2.15. The van der Waals surface area contributed by atoms with Gasteiger partial charge in [0, 0.05) is 16.5 Å². The van der Waals surface area contributed by atoms with E-state index in [-0.39, 0.29) is 18.1 Å².